The van der Waals surface area contributed by atoms with E-state index in [9.17, 15) is 0 Å². The second-order valence-electron chi connectivity index (χ2n) is 9.65. The molecule has 2 atom stereocenters. The summed E-state index contributed by atoms with van der Waals surface area (Å²) < 4.78 is 6.23. The summed E-state index contributed by atoms with van der Waals surface area (Å²) in [6, 6.07) is 33.5. The maximum Gasteiger partial charge on any atom is 0.0854 e. The molecule has 0 unspecified atom stereocenters. The van der Waals surface area contributed by atoms with Crippen molar-refractivity contribution in [1.29, 1.82) is 0 Å². The maximum atomic E-state index is 6.23. The fourth-order valence-electron chi connectivity index (χ4n) is 5.24. The highest BCUT2D eigenvalue weighted by atomic mass is 16.5. The molecular weight excluding hydrogens is 416 g/mol. The molecule has 34 heavy (non-hydrogen) atoms. The Morgan fingerprint density at radius 2 is 1.24 bits per heavy atom. The lowest BCUT2D eigenvalue weighted by atomic mass is 9.94. The Bertz CT molecular complexity index is 884. The van der Waals surface area contributed by atoms with Crippen LogP contribution < -0.4 is 5.32 Å². The van der Waals surface area contributed by atoms with E-state index >= 15 is 0 Å². The van der Waals surface area contributed by atoms with E-state index in [0.29, 0.717) is 6.04 Å². The summed E-state index contributed by atoms with van der Waals surface area (Å²) in [5.41, 5.74) is 4.04. The third-order valence-electron chi connectivity index (χ3n) is 7.16. The van der Waals surface area contributed by atoms with Crippen molar-refractivity contribution in [2.75, 3.05) is 13.7 Å². The van der Waals surface area contributed by atoms with Crippen molar-refractivity contribution < 1.29 is 4.74 Å². The molecule has 0 spiro atoms. The Morgan fingerprint density at radius 3 is 1.74 bits per heavy atom. The van der Waals surface area contributed by atoms with Crippen LogP contribution in [0.5, 0.6) is 0 Å². The fourth-order valence-corrected chi connectivity index (χ4v) is 5.24. The minimum Gasteiger partial charge on any atom is -0.378 e. The molecule has 180 valence electrons. The van der Waals surface area contributed by atoms with Crippen LogP contribution in [0.4, 0.5) is 0 Å². The van der Waals surface area contributed by atoms with Gasteiger partial charge in [-0.1, -0.05) is 110 Å². The van der Waals surface area contributed by atoms with Crippen LogP contribution in [0.25, 0.3) is 0 Å². The molecule has 1 aliphatic rings. The number of benzene rings is 3. The van der Waals surface area contributed by atoms with Gasteiger partial charge in [-0.15, -0.1) is 0 Å². The molecule has 0 aromatic heterocycles. The summed E-state index contributed by atoms with van der Waals surface area (Å²) in [6.07, 6.45) is 7.72. The van der Waals surface area contributed by atoms with Crippen molar-refractivity contribution in [3.05, 3.63) is 108 Å². The SMILES string of the molecule is CO[C@@H](CNC1CCCCC1)[C@H](Cc1ccccc1)N(Cc1ccccc1)Cc1ccccc1. The van der Waals surface area contributed by atoms with Crippen LogP contribution in [-0.2, 0) is 24.2 Å². The highest BCUT2D eigenvalue weighted by Crippen LogP contribution is 2.22. The Morgan fingerprint density at radius 1 is 0.735 bits per heavy atom. The smallest absolute Gasteiger partial charge is 0.0854 e. The lowest BCUT2D eigenvalue weighted by Crippen LogP contribution is -2.50. The molecule has 3 aromatic carbocycles. The van der Waals surface area contributed by atoms with Gasteiger partial charge in [-0.05, 0) is 36.0 Å². The quantitative estimate of drug-likeness (QED) is 0.349. The first-order valence-electron chi connectivity index (χ1n) is 12.9. The van der Waals surface area contributed by atoms with Gasteiger partial charge in [-0.2, -0.15) is 0 Å². The first-order chi connectivity index (χ1) is 16.8. The van der Waals surface area contributed by atoms with Crippen LogP contribution in [0.15, 0.2) is 91.0 Å². The highest BCUT2D eigenvalue weighted by molar-refractivity contribution is 5.20. The van der Waals surface area contributed by atoms with E-state index in [4.69, 9.17) is 4.74 Å². The molecule has 0 radical (unpaired) electrons. The number of ether oxygens (including phenoxy) is 1. The monoisotopic (exact) mass is 456 g/mol. The molecule has 0 bridgehead atoms. The zero-order chi connectivity index (χ0) is 23.4. The second kappa shape index (κ2) is 13.4. The molecule has 0 amide bonds. The maximum absolute atomic E-state index is 6.23. The minimum absolute atomic E-state index is 0.106. The Balaban J connectivity index is 1.59. The second-order valence-corrected chi connectivity index (χ2v) is 9.65. The van der Waals surface area contributed by atoms with Gasteiger partial charge in [0.2, 0.25) is 0 Å². The van der Waals surface area contributed by atoms with Crippen molar-refractivity contribution >= 4 is 0 Å². The number of methoxy groups -OCH3 is 1. The van der Waals surface area contributed by atoms with Crippen LogP contribution in [0.2, 0.25) is 0 Å². The number of hydrogen-bond acceptors (Lipinski definition) is 3. The molecule has 1 N–H and O–H groups in total. The van der Waals surface area contributed by atoms with Crippen molar-refractivity contribution in [3.8, 4) is 0 Å². The van der Waals surface area contributed by atoms with Gasteiger partial charge >= 0.3 is 0 Å². The molecule has 1 saturated carbocycles. The number of hydrogen-bond donors (Lipinski definition) is 1. The van der Waals surface area contributed by atoms with Crippen molar-refractivity contribution in [1.82, 2.24) is 10.2 Å². The summed E-state index contributed by atoms with van der Waals surface area (Å²) in [4.78, 5) is 2.62. The van der Waals surface area contributed by atoms with E-state index in [-0.39, 0.29) is 12.1 Å². The number of rotatable bonds is 12. The van der Waals surface area contributed by atoms with Gasteiger partial charge in [-0.3, -0.25) is 4.90 Å². The highest BCUT2D eigenvalue weighted by Gasteiger charge is 2.29. The summed E-state index contributed by atoms with van der Waals surface area (Å²) in [5.74, 6) is 0. The van der Waals surface area contributed by atoms with Crippen molar-refractivity contribution in [2.45, 2.75) is 69.8 Å². The standard InChI is InChI=1S/C31H40N2O/c1-34-31(23-32-29-20-12-5-13-21-29)30(22-26-14-6-2-7-15-26)33(24-27-16-8-3-9-17-27)25-28-18-10-4-11-19-28/h2-4,6-11,14-19,29-32H,5,12-13,20-25H2,1H3/t30-,31-/m0/s1. The third-order valence-corrected chi connectivity index (χ3v) is 7.16. The van der Waals surface area contributed by atoms with Crippen LogP contribution in [-0.4, -0.2) is 36.7 Å². The van der Waals surface area contributed by atoms with Crippen LogP contribution in [0.1, 0.15) is 48.8 Å². The third kappa shape index (κ3) is 7.53. The van der Waals surface area contributed by atoms with Gasteiger partial charge < -0.3 is 10.1 Å². The van der Waals surface area contributed by atoms with Crippen LogP contribution in [0.3, 0.4) is 0 Å². The van der Waals surface area contributed by atoms with Crippen molar-refractivity contribution in [2.24, 2.45) is 0 Å². The van der Waals surface area contributed by atoms with Gasteiger partial charge in [0.25, 0.3) is 0 Å². The first kappa shape index (κ1) is 24.7. The summed E-state index contributed by atoms with van der Waals surface area (Å²) in [7, 11) is 1.88. The number of nitrogens with zero attached hydrogens (tertiary/aromatic N) is 1. The van der Waals surface area contributed by atoms with E-state index in [0.717, 1.165) is 26.1 Å². The van der Waals surface area contributed by atoms with Crippen molar-refractivity contribution in [3.63, 3.8) is 0 Å². The van der Waals surface area contributed by atoms with E-state index < -0.39 is 0 Å². The van der Waals surface area contributed by atoms with E-state index in [1.807, 2.05) is 7.11 Å². The zero-order valence-electron chi connectivity index (χ0n) is 20.6. The Labute approximate surface area is 206 Å². The number of nitrogens with one attached hydrogen (secondary N) is 1. The van der Waals surface area contributed by atoms with E-state index in [1.165, 1.54) is 48.8 Å². The molecule has 4 rings (SSSR count). The lowest BCUT2D eigenvalue weighted by molar-refractivity contribution is 0.00505. The zero-order valence-corrected chi connectivity index (χ0v) is 20.6. The Hall–Kier alpha value is -2.46. The van der Waals surface area contributed by atoms with Crippen LogP contribution >= 0.6 is 0 Å². The average Bonchev–Trinajstić information content (AvgIpc) is 2.90. The largest absolute Gasteiger partial charge is 0.378 e. The molecule has 0 aliphatic heterocycles. The van der Waals surface area contributed by atoms with Gasteiger partial charge in [0.15, 0.2) is 0 Å². The van der Waals surface area contributed by atoms with E-state index in [2.05, 4.69) is 101 Å². The molecule has 3 aromatic rings. The normalized spacial score (nSPS) is 16.4. The summed E-state index contributed by atoms with van der Waals surface area (Å²) >= 11 is 0. The van der Waals surface area contributed by atoms with E-state index in [1.54, 1.807) is 0 Å². The average molecular weight is 457 g/mol. The Kier molecular flexibility index (Phi) is 9.74. The first-order valence-corrected chi connectivity index (χ1v) is 12.9. The summed E-state index contributed by atoms with van der Waals surface area (Å²) in [5, 5.41) is 3.87. The molecule has 1 fully saturated rings. The molecule has 0 heterocycles. The van der Waals surface area contributed by atoms with Gasteiger partial charge in [0.1, 0.15) is 0 Å². The lowest BCUT2D eigenvalue weighted by Gasteiger charge is -2.38. The predicted molar refractivity (Wildman–Crippen MR) is 142 cm³/mol. The minimum atomic E-state index is 0.106. The summed E-state index contributed by atoms with van der Waals surface area (Å²) in [6.45, 7) is 2.69. The van der Waals surface area contributed by atoms with Gasteiger partial charge in [0, 0.05) is 38.8 Å². The topological polar surface area (TPSA) is 24.5 Å². The molecule has 1 aliphatic carbocycles. The molecular formula is C31H40N2O. The predicted octanol–water partition coefficient (Wildman–Crippen LogP) is 6.24. The molecule has 3 nitrogen and oxygen atoms in total. The fraction of sp³-hybridized carbons (Fsp3) is 0.419. The molecule has 0 saturated heterocycles. The molecule has 3 heteroatoms. The van der Waals surface area contributed by atoms with Gasteiger partial charge in [0.05, 0.1) is 6.10 Å². The van der Waals surface area contributed by atoms with Crippen LogP contribution in [0, 0.1) is 0 Å². The van der Waals surface area contributed by atoms with Gasteiger partial charge in [-0.25, -0.2) is 0 Å².